The number of carbonyl (C=O) groups is 1. The maximum absolute atomic E-state index is 12.5. The van der Waals surface area contributed by atoms with Crippen LogP contribution in [0.5, 0.6) is 0 Å². The summed E-state index contributed by atoms with van der Waals surface area (Å²) in [5, 5.41) is 0.461. The van der Waals surface area contributed by atoms with Gasteiger partial charge in [0.05, 0.1) is 10.7 Å². The molecule has 1 saturated heterocycles. The second-order valence-corrected chi connectivity index (χ2v) is 5.47. The van der Waals surface area contributed by atoms with E-state index in [2.05, 4.69) is 14.9 Å². The van der Waals surface area contributed by atoms with Gasteiger partial charge in [0.25, 0.3) is 5.91 Å². The molecular weight excluding hydrogens is 302 g/mol. The lowest BCUT2D eigenvalue weighted by Gasteiger charge is -2.34. The predicted octanol–water partition coefficient (Wildman–Crippen LogP) is 1.67. The van der Waals surface area contributed by atoms with Gasteiger partial charge in [0.15, 0.2) is 0 Å². The standard InChI is InChI=1S/C15H16ClN5O/c16-12-3-2-11(10-13(12)17)14(22)20-6-8-21(9-7-20)15-18-4-1-5-19-15/h1-5,10H,6-9,17H2. The van der Waals surface area contributed by atoms with Crippen molar-refractivity contribution in [1.29, 1.82) is 0 Å². The molecule has 114 valence electrons. The van der Waals surface area contributed by atoms with E-state index >= 15 is 0 Å². The highest BCUT2D eigenvalue weighted by molar-refractivity contribution is 6.33. The van der Waals surface area contributed by atoms with Crippen molar-refractivity contribution >= 4 is 29.1 Å². The zero-order valence-corrected chi connectivity index (χ0v) is 12.7. The van der Waals surface area contributed by atoms with Gasteiger partial charge in [-0.25, -0.2) is 9.97 Å². The number of nitrogens with zero attached hydrogens (tertiary/aromatic N) is 4. The third-order valence-corrected chi connectivity index (χ3v) is 3.99. The maximum Gasteiger partial charge on any atom is 0.254 e. The van der Waals surface area contributed by atoms with Crippen molar-refractivity contribution in [3.05, 3.63) is 47.2 Å². The molecule has 0 bridgehead atoms. The molecule has 1 aromatic heterocycles. The van der Waals surface area contributed by atoms with Crippen LogP contribution >= 0.6 is 11.6 Å². The van der Waals surface area contributed by atoms with Crippen molar-refractivity contribution in [3.8, 4) is 0 Å². The Labute approximate surface area is 133 Å². The van der Waals surface area contributed by atoms with Crippen LogP contribution in [-0.4, -0.2) is 47.0 Å². The van der Waals surface area contributed by atoms with Crippen LogP contribution in [0.25, 0.3) is 0 Å². The molecule has 0 unspecified atom stereocenters. The SMILES string of the molecule is Nc1cc(C(=O)N2CCN(c3ncccn3)CC2)ccc1Cl. The number of hydrogen-bond donors (Lipinski definition) is 1. The van der Waals surface area contributed by atoms with Crippen LogP contribution in [0.2, 0.25) is 5.02 Å². The molecule has 1 aromatic carbocycles. The zero-order chi connectivity index (χ0) is 15.5. The van der Waals surface area contributed by atoms with Gasteiger partial charge in [0.1, 0.15) is 0 Å². The number of amides is 1. The van der Waals surface area contributed by atoms with E-state index < -0.39 is 0 Å². The first-order valence-corrected chi connectivity index (χ1v) is 7.39. The summed E-state index contributed by atoms with van der Waals surface area (Å²) in [6, 6.07) is 6.76. The molecule has 1 aliphatic rings. The molecule has 0 atom stereocenters. The molecule has 7 heteroatoms. The van der Waals surface area contributed by atoms with Gasteiger partial charge in [-0.15, -0.1) is 0 Å². The van der Waals surface area contributed by atoms with Gasteiger partial charge in [-0.3, -0.25) is 4.79 Å². The molecule has 2 heterocycles. The largest absolute Gasteiger partial charge is 0.398 e. The number of nitrogens with two attached hydrogens (primary N) is 1. The molecule has 3 rings (SSSR count). The third kappa shape index (κ3) is 2.96. The second kappa shape index (κ2) is 6.19. The predicted molar refractivity (Wildman–Crippen MR) is 86.0 cm³/mol. The Bertz CT molecular complexity index is 671. The Balaban J connectivity index is 1.66. The number of hydrogen-bond acceptors (Lipinski definition) is 5. The Morgan fingerprint density at radius 2 is 1.82 bits per heavy atom. The number of rotatable bonds is 2. The van der Waals surface area contributed by atoms with E-state index in [0.29, 0.717) is 48.4 Å². The van der Waals surface area contributed by atoms with Gasteiger partial charge in [-0.1, -0.05) is 11.6 Å². The molecule has 0 spiro atoms. The number of carbonyl (C=O) groups excluding carboxylic acids is 1. The van der Waals surface area contributed by atoms with Crippen LogP contribution in [0, 0.1) is 0 Å². The van der Waals surface area contributed by atoms with E-state index in [1.165, 1.54) is 0 Å². The Kier molecular flexibility index (Phi) is 4.11. The van der Waals surface area contributed by atoms with Crippen LogP contribution < -0.4 is 10.6 Å². The molecule has 2 aromatic rings. The lowest BCUT2D eigenvalue weighted by Crippen LogP contribution is -2.49. The molecule has 6 nitrogen and oxygen atoms in total. The molecule has 1 amide bonds. The van der Waals surface area contributed by atoms with Crippen molar-refractivity contribution in [3.63, 3.8) is 0 Å². The molecule has 1 fully saturated rings. The topological polar surface area (TPSA) is 75.4 Å². The van der Waals surface area contributed by atoms with E-state index in [-0.39, 0.29) is 5.91 Å². The quantitative estimate of drug-likeness (QED) is 0.853. The average molecular weight is 318 g/mol. The average Bonchev–Trinajstić information content (AvgIpc) is 2.58. The molecule has 2 N–H and O–H groups in total. The highest BCUT2D eigenvalue weighted by atomic mass is 35.5. The molecular formula is C15H16ClN5O. The third-order valence-electron chi connectivity index (χ3n) is 3.64. The summed E-state index contributed by atoms with van der Waals surface area (Å²) in [6.07, 6.45) is 3.44. The summed E-state index contributed by atoms with van der Waals surface area (Å²) in [5.74, 6) is 0.669. The van der Waals surface area contributed by atoms with Crippen molar-refractivity contribution in [2.75, 3.05) is 36.8 Å². The fourth-order valence-corrected chi connectivity index (χ4v) is 2.54. The van der Waals surface area contributed by atoms with E-state index in [1.807, 2.05) is 4.90 Å². The first-order valence-electron chi connectivity index (χ1n) is 7.01. The Morgan fingerprint density at radius 1 is 1.14 bits per heavy atom. The number of benzene rings is 1. The number of anilines is 2. The van der Waals surface area contributed by atoms with E-state index in [9.17, 15) is 4.79 Å². The van der Waals surface area contributed by atoms with Crippen molar-refractivity contribution in [2.45, 2.75) is 0 Å². The monoisotopic (exact) mass is 317 g/mol. The summed E-state index contributed by atoms with van der Waals surface area (Å²) in [7, 11) is 0. The Hall–Kier alpha value is -2.34. The van der Waals surface area contributed by atoms with Crippen molar-refractivity contribution in [1.82, 2.24) is 14.9 Å². The second-order valence-electron chi connectivity index (χ2n) is 5.06. The molecule has 0 aliphatic carbocycles. The maximum atomic E-state index is 12.5. The van der Waals surface area contributed by atoms with Gasteiger partial charge in [0, 0.05) is 44.1 Å². The van der Waals surface area contributed by atoms with Crippen molar-refractivity contribution < 1.29 is 4.79 Å². The minimum Gasteiger partial charge on any atom is -0.398 e. The molecule has 0 saturated carbocycles. The molecule has 1 aliphatic heterocycles. The van der Waals surface area contributed by atoms with Gasteiger partial charge in [-0.2, -0.15) is 0 Å². The van der Waals surface area contributed by atoms with Gasteiger partial charge < -0.3 is 15.5 Å². The number of halogens is 1. The lowest BCUT2D eigenvalue weighted by atomic mass is 10.1. The number of nitrogen functional groups attached to an aromatic ring is 1. The molecule has 0 radical (unpaired) electrons. The summed E-state index contributed by atoms with van der Waals surface area (Å²) in [4.78, 5) is 24.8. The minimum absolute atomic E-state index is 0.0306. The molecule has 22 heavy (non-hydrogen) atoms. The van der Waals surface area contributed by atoms with Gasteiger partial charge >= 0.3 is 0 Å². The van der Waals surface area contributed by atoms with E-state index in [4.69, 9.17) is 17.3 Å². The zero-order valence-electron chi connectivity index (χ0n) is 11.9. The fourth-order valence-electron chi connectivity index (χ4n) is 2.42. The highest BCUT2D eigenvalue weighted by Gasteiger charge is 2.23. The summed E-state index contributed by atoms with van der Waals surface area (Å²) in [5.41, 5.74) is 6.74. The number of piperazine rings is 1. The fraction of sp³-hybridized carbons (Fsp3) is 0.267. The van der Waals surface area contributed by atoms with Crippen LogP contribution in [0.4, 0.5) is 11.6 Å². The highest BCUT2D eigenvalue weighted by Crippen LogP contribution is 2.21. The van der Waals surface area contributed by atoms with Crippen molar-refractivity contribution in [2.24, 2.45) is 0 Å². The minimum atomic E-state index is -0.0306. The first kappa shape index (κ1) is 14.6. The van der Waals surface area contributed by atoms with Crippen LogP contribution in [0.3, 0.4) is 0 Å². The van der Waals surface area contributed by atoms with E-state index in [0.717, 1.165) is 0 Å². The summed E-state index contributed by atoms with van der Waals surface area (Å²) < 4.78 is 0. The summed E-state index contributed by atoms with van der Waals surface area (Å²) >= 11 is 5.89. The normalized spacial score (nSPS) is 15.0. The lowest BCUT2D eigenvalue weighted by molar-refractivity contribution is 0.0746. The Morgan fingerprint density at radius 3 is 2.45 bits per heavy atom. The number of aromatic nitrogens is 2. The summed E-state index contributed by atoms with van der Waals surface area (Å²) in [6.45, 7) is 2.66. The van der Waals surface area contributed by atoms with Crippen LogP contribution in [-0.2, 0) is 0 Å². The van der Waals surface area contributed by atoms with Crippen LogP contribution in [0.1, 0.15) is 10.4 Å². The van der Waals surface area contributed by atoms with E-state index in [1.54, 1.807) is 36.7 Å². The first-order chi connectivity index (χ1) is 10.6. The van der Waals surface area contributed by atoms with Crippen LogP contribution in [0.15, 0.2) is 36.7 Å². The smallest absolute Gasteiger partial charge is 0.254 e. The van der Waals surface area contributed by atoms with Gasteiger partial charge in [-0.05, 0) is 24.3 Å². The van der Waals surface area contributed by atoms with Gasteiger partial charge in [0.2, 0.25) is 5.95 Å².